The fourth-order valence-corrected chi connectivity index (χ4v) is 4.53. The van der Waals surface area contributed by atoms with Crippen LogP contribution in [-0.4, -0.2) is 80.1 Å². The van der Waals surface area contributed by atoms with E-state index in [2.05, 4.69) is 34.2 Å². The van der Waals surface area contributed by atoms with Crippen molar-refractivity contribution in [1.29, 1.82) is 0 Å². The van der Waals surface area contributed by atoms with Crippen LogP contribution in [0.4, 0.5) is 5.69 Å². The van der Waals surface area contributed by atoms with Crippen LogP contribution in [0, 0.1) is 12.8 Å². The molecule has 1 saturated carbocycles. The second-order valence-electron chi connectivity index (χ2n) is 8.89. The lowest BCUT2D eigenvalue weighted by atomic mass is 10.1. The van der Waals surface area contributed by atoms with Crippen molar-refractivity contribution in [3.05, 3.63) is 23.8 Å². The van der Waals surface area contributed by atoms with Crippen molar-refractivity contribution in [2.24, 2.45) is 5.92 Å². The molecule has 1 aromatic rings. The number of hydrogen-bond donors (Lipinski definition) is 1. The Morgan fingerprint density at radius 2 is 1.77 bits per heavy atom. The number of rotatable bonds is 8. The lowest BCUT2D eigenvalue weighted by Gasteiger charge is -2.37. The van der Waals surface area contributed by atoms with Gasteiger partial charge in [-0.15, -0.1) is 12.4 Å². The first-order chi connectivity index (χ1) is 14.5. The molecule has 1 N–H and O–H groups in total. The largest absolute Gasteiger partial charge is 0.495 e. The first-order valence-corrected chi connectivity index (χ1v) is 11.2. The lowest BCUT2D eigenvalue weighted by molar-refractivity contribution is -0.139. The van der Waals surface area contributed by atoms with Gasteiger partial charge in [0.15, 0.2) is 0 Å². The molecule has 2 amide bonds. The Morgan fingerprint density at radius 3 is 2.42 bits per heavy atom. The van der Waals surface area contributed by atoms with Gasteiger partial charge < -0.3 is 15.0 Å². The summed E-state index contributed by atoms with van der Waals surface area (Å²) in [4.78, 5) is 31.5. The maximum absolute atomic E-state index is 12.7. The van der Waals surface area contributed by atoms with Crippen molar-refractivity contribution in [3.63, 3.8) is 0 Å². The second-order valence-corrected chi connectivity index (χ2v) is 8.89. The second kappa shape index (κ2) is 10.2. The number of benzene rings is 1. The third-order valence-electron chi connectivity index (χ3n) is 6.58. The number of likely N-dealkylation sites (tertiary alicyclic amines) is 1. The van der Waals surface area contributed by atoms with Crippen LogP contribution in [0.15, 0.2) is 18.2 Å². The lowest BCUT2D eigenvalue weighted by Crippen LogP contribution is -2.47. The van der Waals surface area contributed by atoms with Gasteiger partial charge in [0.25, 0.3) is 0 Å². The molecule has 2 atom stereocenters. The van der Waals surface area contributed by atoms with Crippen LogP contribution in [0.5, 0.6) is 5.75 Å². The summed E-state index contributed by atoms with van der Waals surface area (Å²) in [5, 5.41) is 3.35. The number of carbonyl (C=O) groups excluding carboxylic acids is 2. The van der Waals surface area contributed by atoms with Crippen LogP contribution >= 0.6 is 12.4 Å². The van der Waals surface area contributed by atoms with Crippen molar-refractivity contribution in [2.75, 3.05) is 51.3 Å². The molecule has 3 fully saturated rings. The van der Waals surface area contributed by atoms with Gasteiger partial charge in [-0.25, -0.2) is 0 Å². The van der Waals surface area contributed by atoms with E-state index < -0.39 is 0 Å². The van der Waals surface area contributed by atoms with Gasteiger partial charge in [-0.05, 0) is 50.4 Å². The molecule has 172 valence electrons. The Morgan fingerprint density at radius 1 is 1.06 bits per heavy atom. The minimum absolute atomic E-state index is 0. The van der Waals surface area contributed by atoms with Crippen molar-refractivity contribution >= 4 is 29.9 Å². The topological polar surface area (TPSA) is 65.1 Å². The molecule has 7 nitrogen and oxygen atoms in total. The highest BCUT2D eigenvalue weighted by atomic mass is 35.5. The van der Waals surface area contributed by atoms with Gasteiger partial charge in [0.05, 0.1) is 24.8 Å². The number of methoxy groups -OCH3 is 1. The summed E-state index contributed by atoms with van der Waals surface area (Å²) < 4.78 is 5.54. The minimum Gasteiger partial charge on any atom is -0.495 e. The number of anilines is 1. The first-order valence-electron chi connectivity index (χ1n) is 11.2. The maximum Gasteiger partial charge on any atom is 0.247 e. The summed E-state index contributed by atoms with van der Waals surface area (Å²) >= 11 is 0. The highest BCUT2D eigenvalue weighted by molar-refractivity contribution is 6.06. The number of nitrogens with one attached hydrogen (secondary N) is 1. The van der Waals surface area contributed by atoms with E-state index in [1.54, 1.807) is 7.11 Å². The molecule has 1 aromatic carbocycles. The summed E-state index contributed by atoms with van der Waals surface area (Å²) in [5.74, 6) is 0.625. The maximum atomic E-state index is 12.7. The van der Waals surface area contributed by atoms with Crippen LogP contribution in [0.2, 0.25) is 0 Å². The Kier molecular flexibility index (Phi) is 7.83. The monoisotopic (exact) mass is 450 g/mol. The van der Waals surface area contributed by atoms with Gasteiger partial charge in [-0.1, -0.05) is 13.0 Å². The van der Waals surface area contributed by atoms with E-state index >= 15 is 0 Å². The van der Waals surface area contributed by atoms with Crippen LogP contribution < -0.4 is 15.0 Å². The average Bonchev–Trinajstić information content (AvgIpc) is 3.55. The Hall–Kier alpha value is -1.83. The normalized spacial score (nSPS) is 24.5. The number of nitrogens with zero attached hydrogens (tertiary/aromatic N) is 3. The minimum atomic E-state index is -0.321. The molecule has 3 aliphatic rings. The van der Waals surface area contributed by atoms with E-state index in [1.165, 1.54) is 10.5 Å². The third-order valence-corrected chi connectivity index (χ3v) is 6.58. The number of aryl methyl sites for hydroxylation is 1. The molecule has 31 heavy (non-hydrogen) atoms. The summed E-state index contributed by atoms with van der Waals surface area (Å²) in [7, 11) is 1.72. The number of imide groups is 1. The van der Waals surface area contributed by atoms with Crippen molar-refractivity contribution in [1.82, 2.24) is 15.1 Å². The van der Waals surface area contributed by atoms with Crippen molar-refractivity contribution in [2.45, 2.75) is 45.2 Å². The van der Waals surface area contributed by atoms with Gasteiger partial charge in [0, 0.05) is 38.8 Å². The van der Waals surface area contributed by atoms with E-state index in [0.29, 0.717) is 12.6 Å². The molecular formula is C23H35ClN4O3. The summed E-state index contributed by atoms with van der Waals surface area (Å²) in [6.45, 7) is 9.26. The van der Waals surface area contributed by atoms with E-state index in [4.69, 9.17) is 4.74 Å². The summed E-state index contributed by atoms with van der Waals surface area (Å²) in [6, 6.07) is 6.40. The molecule has 8 heteroatoms. The molecule has 0 spiro atoms. The van der Waals surface area contributed by atoms with E-state index in [-0.39, 0.29) is 36.2 Å². The van der Waals surface area contributed by atoms with Crippen LogP contribution in [-0.2, 0) is 9.59 Å². The number of piperazine rings is 1. The van der Waals surface area contributed by atoms with Gasteiger partial charge in [0.2, 0.25) is 11.8 Å². The fourth-order valence-electron chi connectivity index (χ4n) is 4.53. The number of hydrogen-bond acceptors (Lipinski definition) is 6. The molecule has 0 radical (unpaired) electrons. The quantitative estimate of drug-likeness (QED) is 0.611. The Balaban J connectivity index is 0.00000272. The Bertz CT molecular complexity index is 793. The van der Waals surface area contributed by atoms with Crippen LogP contribution in [0.1, 0.15) is 31.7 Å². The smallest absolute Gasteiger partial charge is 0.247 e. The standard InChI is InChI=1S/C23H34N4O3.ClH/c1-16-5-8-20(30-3)19(15-16)26-13-11-25(12-14-26)9-4-10-27-22(28)17(2)21(23(27)29)24-18-6-7-18;/h5,8,15,17-18,21,24H,4,6-7,9-14H2,1-3H3;1H. The third kappa shape index (κ3) is 5.33. The predicted octanol–water partition coefficient (Wildman–Crippen LogP) is 2.06. The van der Waals surface area contributed by atoms with E-state index in [9.17, 15) is 9.59 Å². The van der Waals surface area contributed by atoms with Gasteiger partial charge in [0.1, 0.15) is 5.75 Å². The molecule has 2 unspecified atom stereocenters. The number of halogens is 1. The van der Waals surface area contributed by atoms with Gasteiger partial charge in [-0.3, -0.25) is 19.4 Å². The SMILES string of the molecule is COc1ccc(C)cc1N1CCN(CCCN2C(=O)C(C)C(NC3CC3)C2=O)CC1.Cl. The van der Waals surface area contributed by atoms with Crippen LogP contribution in [0.3, 0.4) is 0 Å². The number of carbonyl (C=O) groups is 2. The molecule has 0 aromatic heterocycles. The van der Waals surface area contributed by atoms with E-state index in [0.717, 1.165) is 63.4 Å². The van der Waals surface area contributed by atoms with E-state index in [1.807, 2.05) is 13.0 Å². The predicted molar refractivity (Wildman–Crippen MR) is 124 cm³/mol. The average molecular weight is 451 g/mol. The van der Waals surface area contributed by atoms with Crippen LogP contribution in [0.25, 0.3) is 0 Å². The molecule has 2 saturated heterocycles. The number of amides is 2. The molecule has 0 bridgehead atoms. The van der Waals surface area contributed by atoms with Gasteiger partial charge in [-0.2, -0.15) is 0 Å². The molecule has 4 rings (SSSR count). The molecule has 2 aliphatic heterocycles. The number of ether oxygens (including phenoxy) is 1. The summed E-state index contributed by atoms with van der Waals surface area (Å²) in [6.07, 6.45) is 3.06. The zero-order chi connectivity index (χ0) is 21.3. The first kappa shape index (κ1) is 23.8. The fraction of sp³-hybridized carbons (Fsp3) is 0.652. The Labute approximate surface area is 191 Å². The van der Waals surface area contributed by atoms with Gasteiger partial charge >= 0.3 is 0 Å². The highest BCUT2D eigenvalue weighted by Gasteiger charge is 2.46. The zero-order valence-electron chi connectivity index (χ0n) is 18.8. The molecule has 1 aliphatic carbocycles. The molecular weight excluding hydrogens is 416 g/mol. The zero-order valence-corrected chi connectivity index (χ0v) is 19.6. The highest BCUT2D eigenvalue weighted by Crippen LogP contribution is 2.30. The molecule has 2 heterocycles. The summed E-state index contributed by atoms with van der Waals surface area (Å²) in [5.41, 5.74) is 2.39. The van der Waals surface area contributed by atoms with Crippen molar-refractivity contribution in [3.8, 4) is 5.75 Å². The van der Waals surface area contributed by atoms with Crippen molar-refractivity contribution < 1.29 is 14.3 Å².